The fraction of sp³-hybridized carbons (Fsp3) is 0.0156. The summed E-state index contributed by atoms with van der Waals surface area (Å²) < 4.78 is 14.1. The topological polar surface area (TPSA) is 57.1 Å². The van der Waals surface area contributed by atoms with Crippen LogP contribution in [-0.4, -0.2) is 15.0 Å². The zero-order chi connectivity index (χ0) is 45.7. The highest BCUT2D eigenvalue weighted by Gasteiger charge is 2.48. The van der Waals surface area contributed by atoms with Crippen molar-refractivity contribution in [2.45, 2.75) is 5.41 Å². The van der Waals surface area contributed by atoms with Crippen LogP contribution in [0.5, 0.6) is 23.0 Å². The molecule has 2 heterocycles. The summed E-state index contributed by atoms with van der Waals surface area (Å²) >= 11 is 0. The Morgan fingerprint density at radius 1 is 0.261 bits per heavy atom. The molecule has 1 aliphatic heterocycles. The Balaban J connectivity index is 0.883. The Bertz CT molecular complexity index is 3650. The minimum absolute atomic E-state index is 0.564. The maximum atomic E-state index is 7.27. The molecule has 324 valence electrons. The number of benzene rings is 10. The number of para-hydroxylation sites is 1. The summed E-state index contributed by atoms with van der Waals surface area (Å²) in [7, 11) is 0. The second-order valence-corrected chi connectivity index (χ2v) is 17.4. The summed E-state index contributed by atoms with van der Waals surface area (Å²) in [6.07, 6.45) is 0. The average molecular weight is 884 g/mol. The Morgan fingerprint density at radius 2 is 0.696 bits per heavy atom. The van der Waals surface area contributed by atoms with E-state index in [-0.39, 0.29) is 0 Å². The first-order valence-electron chi connectivity index (χ1n) is 23.3. The second kappa shape index (κ2) is 16.6. The number of hydrogen-bond acceptors (Lipinski definition) is 5. The first-order valence-corrected chi connectivity index (χ1v) is 23.3. The minimum Gasteiger partial charge on any atom is -0.449 e. The lowest BCUT2D eigenvalue weighted by Crippen LogP contribution is -2.28. The normalized spacial score (nSPS) is 12.7. The van der Waals surface area contributed by atoms with Crippen LogP contribution >= 0.6 is 0 Å². The molecule has 1 aromatic heterocycles. The van der Waals surface area contributed by atoms with Crippen molar-refractivity contribution in [3.8, 4) is 102 Å². The van der Waals surface area contributed by atoms with Gasteiger partial charge in [-0.1, -0.05) is 237 Å². The lowest BCUT2D eigenvalue weighted by atomic mass is 9.68. The van der Waals surface area contributed by atoms with E-state index in [4.69, 9.17) is 24.4 Å². The maximum Gasteiger partial charge on any atom is 0.178 e. The van der Waals surface area contributed by atoms with Gasteiger partial charge in [0.25, 0.3) is 0 Å². The highest BCUT2D eigenvalue weighted by molar-refractivity contribution is 5.94. The molecular formula is C64H41N3O2. The number of aromatic nitrogens is 3. The number of hydrogen-bond donors (Lipinski definition) is 0. The van der Waals surface area contributed by atoms with E-state index >= 15 is 0 Å². The summed E-state index contributed by atoms with van der Waals surface area (Å²) in [6.45, 7) is 0. The van der Waals surface area contributed by atoms with Gasteiger partial charge in [0.1, 0.15) is 0 Å². The van der Waals surface area contributed by atoms with Crippen molar-refractivity contribution < 1.29 is 9.47 Å². The first kappa shape index (κ1) is 40.1. The number of rotatable bonds is 8. The summed E-state index contributed by atoms with van der Waals surface area (Å²) in [4.78, 5) is 15.1. The third kappa shape index (κ3) is 6.74. The third-order valence-corrected chi connectivity index (χ3v) is 13.5. The van der Waals surface area contributed by atoms with Gasteiger partial charge in [0.15, 0.2) is 40.5 Å². The van der Waals surface area contributed by atoms with Crippen molar-refractivity contribution in [1.82, 2.24) is 15.0 Å². The van der Waals surface area contributed by atoms with Gasteiger partial charge in [-0.2, -0.15) is 0 Å². The first-order chi connectivity index (χ1) is 34.2. The molecule has 0 amide bonds. The van der Waals surface area contributed by atoms with Crippen LogP contribution in [0.2, 0.25) is 0 Å². The molecule has 0 fully saturated rings. The van der Waals surface area contributed by atoms with Gasteiger partial charge in [0, 0.05) is 27.8 Å². The molecule has 0 bridgehead atoms. The zero-order valence-corrected chi connectivity index (χ0v) is 37.3. The van der Waals surface area contributed by atoms with Gasteiger partial charge in [-0.05, 0) is 67.8 Å². The molecule has 0 N–H and O–H groups in total. The van der Waals surface area contributed by atoms with E-state index in [0.717, 1.165) is 66.8 Å². The van der Waals surface area contributed by atoms with Gasteiger partial charge < -0.3 is 9.47 Å². The molecule has 11 aromatic rings. The van der Waals surface area contributed by atoms with Crippen molar-refractivity contribution in [2.75, 3.05) is 0 Å². The fourth-order valence-corrected chi connectivity index (χ4v) is 10.4. The summed E-state index contributed by atoms with van der Waals surface area (Å²) in [5, 5.41) is 0. The van der Waals surface area contributed by atoms with E-state index in [1.54, 1.807) is 0 Å². The van der Waals surface area contributed by atoms with Crippen molar-refractivity contribution in [3.05, 3.63) is 271 Å². The molecular weight excluding hydrogens is 843 g/mol. The summed E-state index contributed by atoms with van der Waals surface area (Å²) in [5.74, 6) is 4.59. The lowest BCUT2D eigenvalue weighted by Gasteiger charge is -2.34. The average Bonchev–Trinajstić information content (AvgIpc) is 3.75. The van der Waals surface area contributed by atoms with Crippen molar-refractivity contribution in [1.29, 1.82) is 0 Å². The molecule has 0 saturated heterocycles. The molecule has 2 aliphatic rings. The van der Waals surface area contributed by atoms with E-state index < -0.39 is 5.41 Å². The van der Waals surface area contributed by atoms with Crippen molar-refractivity contribution in [3.63, 3.8) is 0 Å². The van der Waals surface area contributed by atoms with Crippen LogP contribution in [0.4, 0.5) is 0 Å². The highest BCUT2D eigenvalue weighted by Crippen LogP contribution is 2.63. The van der Waals surface area contributed by atoms with Crippen molar-refractivity contribution >= 4 is 0 Å². The predicted octanol–water partition coefficient (Wildman–Crippen LogP) is 16.1. The Hall–Kier alpha value is -9.19. The van der Waals surface area contributed by atoms with Crippen LogP contribution in [0.15, 0.2) is 249 Å². The van der Waals surface area contributed by atoms with Gasteiger partial charge >= 0.3 is 0 Å². The zero-order valence-electron chi connectivity index (χ0n) is 37.3. The van der Waals surface area contributed by atoms with E-state index in [1.807, 2.05) is 48.5 Å². The quantitative estimate of drug-likeness (QED) is 0.152. The maximum absolute atomic E-state index is 7.27. The van der Waals surface area contributed by atoms with Gasteiger partial charge in [0.05, 0.1) is 5.41 Å². The van der Waals surface area contributed by atoms with Gasteiger partial charge in [-0.15, -0.1) is 0 Å². The SMILES string of the molecule is c1ccc(-c2ccc(-c3nc(-c4ccccc4)nc(-c4ccc(-c5ccccc5-c5cccc6c5Oc5c(ccc7c5-c5ccccc5C7(c5ccccc5)c5ccccc5)O6)cc4)n3)cc2)cc1. The Kier molecular flexibility index (Phi) is 9.65. The minimum atomic E-state index is -0.564. The molecule has 5 heteroatoms. The molecule has 0 unspecified atom stereocenters. The largest absolute Gasteiger partial charge is 0.449 e. The number of fused-ring (bicyclic) bond motifs is 6. The lowest BCUT2D eigenvalue weighted by molar-refractivity contribution is 0.361. The summed E-state index contributed by atoms with van der Waals surface area (Å²) in [6, 6.07) is 86.7. The van der Waals surface area contributed by atoms with Crippen LogP contribution < -0.4 is 9.47 Å². The highest BCUT2D eigenvalue weighted by atomic mass is 16.6. The number of ether oxygens (including phenoxy) is 2. The second-order valence-electron chi connectivity index (χ2n) is 17.4. The van der Waals surface area contributed by atoms with E-state index in [0.29, 0.717) is 40.5 Å². The van der Waals surface area contributed by atoms with Gasteiger partial charge in [-0.3, -0.25) is 0 Å². The van der Waals surface area contributed by atoms with Gasteiger partial charge in [-0.25, -0.2) is 15.0 Å². The Labute approximate surface area is 400 Å². The molecule has 0 spiro atoms. The molecule has 10 aromatic carbocycles. The molecule has 1 aliphatic carbocycles. The van der Waals surface area contributed by atoms with Crippen LogP contribution in [0.25, 0.3) is 78.7 Å². The summed E-state index contributed by atoms with van der Waals surface area (Å²) in [5.41, 5.74) is 15.5. The number of nitrogens with zero attached hydrogens (tertiary/aromatic N) is 3. The smallest absolute Gasteiger partial charge is 0.178 e. The van der Waals surface area contributed by atoms with E-state index in [2.05, 4.69) is 200 Å². The molecule has 13 rings (SSSR count). The fourth-order valence-electron chi connectivity index (χ4n) is 10.4. The predicted molar refractivity (Wildman–Crippen MR) is 276 cm³/mol. The van der Waals surface area contributed by atoms with E-state index in [9.17, 15) is 0 Å². The third-order valence-electron chi connectivity index (χ3n) is 13.5. The van der Waals surface area contributed by atoms with Crippen LogP contribution in [0, 0.1) is 0 Å². The van der Waals surface area contributed by atoms with Gasteiger partial charge in [0.2, 0.25) is 0 Å². The Morgan fingerprint density at radius 3 is 1.30 bits per heavy atom. The molecule has 5 nitrogen and oxygen atoms in total. The molecule has 0 atom stereocenters. The molecule has 0 saturated carbocycles. The molecule has 0 radical (unpaired) electrons. The van der Waals surface area contributed by atoms with Crippen LogP contribution in [-0.2, 0) is 5.41 Å². The van der Waals surface area contributed by atoms with Crippen molar-refractivity contribution in [2.24, 2.45) is 0 Å². The van der Waals surface area contributed by atoms with Crippen LogP contribution in [0.3, 0.4) is 0 Å². The van der Waals surface area contributed by atoms with E-state index in [1.165, 1.54) is 16.7 Å². The standard InChI is InChI=1S/C64H41N3O2/c1-5-18-42(19-6-1)43-32-36-46(37-33-43)62-65-61(45-20-7-2-8-21-45)66-63(67-62)47-38-34-44(35-39-47)50-26-13-14-27-51(50)52-29-17-31-56-59(52)69-60-57(68-56)41-40-55-58(60)53-28-15-16-30-54(53)64(55,48-22-9-3-10-23-48)49-24-11-4-12-25-49/h1-41H. The monoisotopic (exact) mass is 883 g/mol. The molecule has 69 heavy (non-hydrogen) atoms. The van der Waals surface area contributed by atoms with Crippen LogP contribution in [0.1, 0.15) is 22.3 Å².